The summed E-state index contributed by atoms with van der Waals surface area (Å²) in [4.78, 5) is 0. The molecule has 0 N–H and O–H groups in total. The number of nitrogens with zero attached hydrogens (tertiary/aromatic N) is 1. The Morgan fingerprint density at radius 2 is 1.70 bits per heavy atom. The lowest BCUT2D eigenvalue weighted by atomic mass is 10.1. The molecule has 2 aromatic rings. The molecule has 118 valence electrons. The summed E-state index contributed by atoms with van der Waals surface area (Å²) in [5, 5.41) is 12.0. The smallest absolute Gasteiger partial charge is 0.107 e. The van der Waals surface area contributed by atoms with Crippen molar-refractivity contribution < 1.29 is 0 Å². The predicted octanol–water partition coefficient (Wildman–Crippen LogP) is 5.29. The van der Waals surface area contributed by atoms with E-state index in [0.717, 1.165) is 12.0 Å². The van der Waals surface area contributed by atoms with E-state index in [2.05, 4.69) is 74.6 Å². The Hall–Kier alpha value is -2.11. The Labute approximate surface area is 141 Å². The van der Waals surface area contributed by atoms with Gasteiger partial charge in [0.2, 0.25) is 0 Å². The molecule has 0 aliphatic carbocycles. The highest BCUT2D eigenvalue weighted by atomic mass is 28.3. The van der Waals surface area contributed by atoms with Gasteiger partial charge < -0.3 is 0 Å². The van der Waals surface area contributed by atoms with Crippen LogP contribution < -0.4 is 5.19 Å². The van der Waals surface area contributed by atoms with Gasteiger partial charge in [0, 0.05) is 0 Å². The van der Waals surface area contributed by atoms with Gasteiger partial charge in [0.05, 0.1) is 11.6 Å². The highest BCUT2D eigenvalue weighted by molar-refractivity contribution is 6.96. The quantitative estimate of drug-likeness (QED) is 0.664. The van der Waals surface area contributed by atoms with Crippen LogP contribution in [-0.2, 0) is 0 Å². The minimum atomic E-state index is -1.65. The van der Waals surface area contributed by atoms with Gasteiger partial charge in [-0.2, -0.15) is 5.26 Å². The number of benzene rings is 2. The van der Waals surface area contributed by atoms with E-state index in [0.29, 0.717) is 0 Å². The Kier molecular flexibility index (Phi) is 5.95. The van der Waals surface area contributed by atoms with Crippen molar-refractivity contribution in [1.29, 1.82) is 5.26 Å². The first-order valence-corrected chi connectivity index (χ1v) is 11.3. The summed E-state index contributed by atoms with van der Waals surface area (Å²) in [5.41, 5.74) is 1.92. The molecule has 0 radical (unpaired) electrons. The fourth-order valence-electron chi connectivity index (χ4n) is 2.83. The van der Waals surface area contributed by atoms with E-state index in [4.69, 9.17) is 5.26 Å². The van der Waals surface area contributed by atoms with Crippen LogP contribution in [-0.4, -0.2) is 8.07 Å². The lowest BCUT2D eigenvalue weighted by molar-refractivity contribution is 0.806. The van der Waals surface area contributed by atoms with Crippen LogP contribution in [0.2, 0.25) is 13.1 Å². The van der Waals surface area contributed by atoms with Crippen LogP contribution in [0.1, 0.15) is 37.3 Å². The van der Waals surface area contributed by atoms with Crippen molar-refractivity contribution in [1.82, 2.24) is 0 Å². The Morgan fingerprint density at radius 3 is 2.26 bits per heavy atom. The van der Waals surface area contributed by atoms with E-state index >= 15 is 0 Å². The maximum absolute atomic E-state index is 8.95. The Bertz CT molecular complexity index is 691. The molecule has 1 nitrogen and oxygen atoms in total. The van der Waals surface area contributed by atoms with Crippen LogP contribution in [0.5, 0.6) is 0 Å². The molecule has 0 bridgehead atoms. The third-order valence-corrected chi connectivity index (χ3v) is 8.26. The van der Waals surface area contributed by atoms with Gasteiger partial charge in [0.25, 0.3) is 0 Å². The standard InChI is InChI=1S/C21H25NSi/c1-4-5-9-21(16-18-12-14-19(17-22)15-13-18)23(2,3)20-10-7-6-8-11-20/h6-8,10-16H,4-5,9H2,1-3H3/b21-16+. The molecule has 0 aromatic heterocycles. The zero-order valence-electron chi connectivity index (χ0n) is 14.3. The minimum Gasteiger partial charge on any atom is -0.192 e. The molecule has 0 heterocycles. The number of allylic oxidation sites excluding steroid dienone is 1. The fraction of sp³-hybridized carbons (Fsp3) is 0.286. The second-order valence-corrected chi connectivity index (χ2v) is 11.0. The molecule has 0 saturated heterocycles. The van der Waals surface area contributed by atoms with Crippen LogP contribution in [0, 0.1) is 11.3 Å². The van der Waals surface area contributed by atoms with Crippen molar-refractivity contribution in [2.75, 3.05) is 0 Å². The number of hydrogen-bond donors (Lipinski definition) is 0. The fourth-order valence-corrected chi connectivity index (χ4v) is 5.55. The molecule has 0 atom stereocenters. The third kappa shape index (κ3) is 4.43. The maximum Gasteiger partial charge on any atom is 0.107 e. The normalized spacial score (nSPS) is 12.0. The molecule has 0 aliphatic heterocycles. The summed E-state index contributed by atoms with van der Waals surface area (Å²) < 4.78 is 0. The van der Waals surface area contributed by atoms with Gasteiger partial charge in [-0.3, -0.25) is 0 Å². The molecule has 0 aliphatic rings. The van der Waals surface area contributed by atoms with Crippen molar-refractivity contribution in [3.05, 3.63) is 70.9 Å². The van der Waals surface area contributed by atoms with E-state index in [9.17, 15) is 0 Å². The second kappa shape index (κ2) is 7.94. The van der Waals surface area contributed by atoms with Gasteiger partial charge >= 0.3 is 0 Å². The number of rotatable bonds is 6. The molecular formula is C21H25NSi. The van der Waals surface area contributed by atoms with Gasteiger partial charge in [-0.1, -0.05) is 91.8 Å². The van der Waals surface area contributed by atoms with E-state index < -0.39 is 8.07 Å². The van der Waals surface area contributed by atoms with Crippen LogP contribution in [0.4, 0.5) is 0 Å². The molecule has 0 fully saturated rings. The van der Waals surface area contributed by atoms with Gasteiger partial charge in [-0.25, -0.2) is 0 Å². The third-order valence-electron chi connectivity index (χ3n) is 4.48. The minimum absolute atomic E-state index is 0.719. The first-order valence-electron chi connectivity index (χ1n) is 8.34. The summed E-state index contributed by atoms with van der Waals surface area (Å²) in [5.74, 6) is 0. The molecular weight excluding hydrogens is 294 g/mol. The van der Waals surface area contributed by atoms with Crippen LogP contribution in [0.15, 0.2) is 59.8 Å². The molecule has 0 unspecified atom stereocenters. The summed E-state index contributed by atoms with van der Waals surface area (Å²) >= 11 is 0. The monoisotopic (exact) mass is 319 g/mol. The first kappa shape index (κ1) is 17.2. The molecule has 2 heteroatoms. The molecule has 0 saturated carbocycles. The SMILES string of the molecule is CCCC/C(=C\c1ccc(C#N)cc1)[Si](C)(C)c1ccccc1. The summed E-state index contributed by atoms with van der Waals surface area (Å²) in [6, 6.07) is 21.0. The number of unbranched alkanes of at least 4 members (excludes halogenated alkanes) is 1. The molecule has 0 amide bonds. The van der Waals surface area contributed by atoms with Crippen LogP contribution in [0.25, 0.3) is 6.08 Å². The zero-order chi connectivity index (χ0) is 16.7. The van der Waals surface area contributed by atoms with E-state index in [1.54, 1.807) is 5.20 Å². The summed E-state index contributed by atoms with van der Waals surface area (Å²) in [7, 11) is -1.65. The Balaban J connectivity index is 2.39. The van der Waals surface area contributed by atoms with Crippen molar-refractivity contribution in [2.45, 2.75) is 39.3 Å². The zero-order valence-corrected chi connectivity index (χ0v) is 15.3. The van der Waals surface area contributed by atoms with Gasteiger partial charge in [0.1, 0.15) is 8.07 Å². The van der Waals surface area contributed by atoms with Crippen molar-refractivity contribution in [2.24, 2.45) is 0 Å². The van der Waals surface area contributed by atoms with E-state index in [1.807, 2.05) is 12.1 Å². The number of hydrogen-bond acceptors (Lipinski definition) is 1. The summed E-state index contributed by atoms with van der Waals surface area (Å²) in [6.07, 6.45) is 5.95. The topological polar surface area (TPSA) is 23.8 Å². The molecule has 2 aromatic carbocycles. The first-order chi connectivity index (χ1) is 11.1. The summed E-state index contributed by atoms with van der Waals surface area (Å²) in [6.45, 7) is 7.12. The van der Waals surface area contributed by atoms with Crippen LogP contribution >= 0.6 is 0 Å². The molecule has 0 spiro atoms. The van der Waals surface area contributed by atoms with Crippen molar-refractivity contribution in [3.63, 3.8) is 0 Å². The largest absolute Gasteiger partial charge is 0.192 e. The average Bonchev–Trinajstić information content (AvgIpc) is 2.59. The lowest BCUT2D eigenvalue weighted by Crippen LogP contribution is -2.43. The van der Waals surface area contributed by atoms with Crippen molar-refractivity contribution in [3.8, 4) is 6.07 Å². The van der Waals surface area contributed by atoms with Gasteiger partial charge in [-0.15, -0.1) is 0 Å². The number of nitriles is 1. The predicted molar refractivity (Wildman–Crippen MR) is 102 cm³/mol. The highest BCUT2D eigenvalue weighted by Crippen LogP contribution is 2.24. The highest BCUT2D eigenvalue weighted by Gasteiger charge is 2.27. The lowest BCUT2D eigenvalue weighted by Gasteiger charge is -2.27. The van der Waals surface area contributed by atoms with E-state index in [-0.39, 0.29) is 0 Å². The Morgan fingerprint density at radius 1 is 1.04 bits per heavy atom. The molecule has 2 rings (SSSR count). The maximum atomic E-state index is 8.95. The van der Waals surface area contributed by atoms with E-state index in [1.165, 1.54) is 23.6 Å². The van der Waals surface area contributed by atoms with Gasteiger partial charge in [0.15, 0.2) is 0 Å². The van der Waals surface area contributed by atoms with Gasteiger partial charge in [-0.05, 0) is 24.1 Å². The van der Waals surface area contributed by atoms with Crippen molar-refractivity contribution >= 4 is 19.3 Å². The second-order valence-electron chi connectivity index (χ2n) is 6.50. The van der Waals surface area contributed by atoms with Crippen LogP contribution in [0.3, 0.4) is 0 Å². The average molecular weight is 320 g/mol. The molecule has 23 heavy (non-hydrogen) atoms.